The van der Waals surface area contributed by atoms with Crippen molar-refractivity contribution in [3.05, 3.63) is 77.9 Å². The van der Waals surface area contributed by atoms with Crippen molar-refractivity contribution < 1.29 is 18.7 Å². The Morgan fingerprint density at radius 2 is 1.84 bits per heavy atom. The molecular weight excluding hydrogens is 396 g/mol. The molecule has 0 radical (unpaired) electrons. The summed E-state index contributed by atoms with van der Waals surface area (Å²) in [5.41, 5.74) is 3.90. The van der Waals surface area contributed by atoms with E-state index in [-0.39, 0.29) is 13.2 Å². The Bertz CT molecular complexity index is 1290. The maximum Gasteiger partial charge on any atom is 0.263 e. The molecule has 0 atom stereocenters. The number of furan rings is 1. The first-order valence-electron chi connectivity index (χ1n) is 9.90. The van der Waals surface area contributed by atoms with Gasteiger partial charge in [-0.15, -0.1) is 15.0 Å². The van der Waals surface area contributed by atoms with E-state index in [9.17, 15) is 5.11 Å². The molecule has 1 N–H and O–H groups in total. The molecule has 2 aromatic carbocycles. The van der Waals surface area contributed by atoms with Crippen LogP contribution in [0.2, 0.25) is 0 Å². The summed E-state index contributed by atoms with van der Waals surface area (Å²) in [6, 6.07) is 16.9. The highest BCUT2D eigenvalue weighted by Gasteiger charge is 2.16. The minimum atomic E-state index is 0.0574. The molecule has 31 heavy (non-hydrogen) atoms. The van der Waals surface area contributed by atoms with Crippen LogP contribution in [0.1, 0.15) is 17.0 Å². The largest absolute Gasteiger partial charge is 0.485 e. The molecule has 0 unspecified atom stereocenters. The highest BCUT2D eigenvalue weighted by molar-refractivity contribution is 5.73. The molecular formula is C23H20N4O4. The second kappa shape index (κ2) is 8.08. The Labute approximate surface area is 177 Å². The van der Waals surface area contributed by atoms with Crippen LogP contribution in [0, 0.1) is 6.92 Å². The SMILES string of the molecule is Cc1oc(-c2ccco2)nc1COc1ccc(CCO)cc1-n1nc2ccccc2n1. The molecule has 3 heterocycles. The van der Waals surface area contributed by atoms with Crippen molar-refractivity contribution in [2.45, 2.75) is 20.0 Å². The number of fused-ring (bicyclic) bond motifs is 1. The number of oxazole rings is 1. The fourth-order valence-corrected chi connectivity index (χ4v) is 3.31. The van der Waals surface area contributed by atoms with Crippen molar-refractivity contribution in [1.29, 1.82) is 0 Å². The zero-order chi connectivity index (χ0) is 21.2. The van der Waals surface area contributed by atoms with E-state index in [0.717, 1.165) is 16.6 Å². The minimum Gasteiger partial charge on any atom is -0.485 e. The second-order valence-electron chi connectivity index (χ2n) is 7.04. The Morgan fingerprint density at radius 3 is 2.55 bits per heavy atom. The predicted molar refractivity (Wildman–Crippen MR) is 113 cm³/mol. The molecule has 0 saturated carbocycles. The molecule has 8 heteroatoms. The minimum absolute atomic E-state index is 0.0574. The molecule has 5 aromatic rings. The molecule has 5 rings (SSSR count). The van der Waals surface area contributed by atoms with Crippen LogP contribution in [0.25, 0.3) is 28.4 Å². The quantitative estimate of drug-likeness (QED) is 0.426. The molecule has 156 valence electrons. The molecule has 0 fully saturated rings. The number of aromatic nitrogens is 4. The zero-order valence-corrected chi connectivity index (χ0v) is 16.9. The third-order valence-electron chi connectivity index (χ3n) is 4.91. The summed E-state index contributed by atoms with van der Waals surface area (Å²) in [5, 5.41) is 18.5. The highest BCUT2D eigenvalue weighted by Crippen LogP contribution is 2.27. The van der Waals surface area contributed by atoms with Crippen LogP contribution >= 0.6 is 0 Å². The Kier molecular flexibility index (Phi) is 4.97. The van der Waals surface area contributed by atoms with Gasteiger partial charge in [0.2, 0.25) is 0 Å². The summed E-state index contributed by atoms with van der Waals surface area (Å²) in [6.45, 7) is 2.11. The average molecular weight is 416 g/mol. The maximum absolute atomic E-state index is 9.33. The molecule has 0 amide bonds. The van der Waals surface area contributed by atoms with Gasteiger partial charge in [0.25, 0.3) is 5.89 Å². The van der Waals surface area contributed by atoms with Gasteiger partial charge in [-0.05, 0) is 55.3 Å². The monoisotopic (exact) mass is 416 g/mol. The third kappa shape index (κ3) is 3.80. The van der Waals surface area contributed by atoms with Crippen molar-refractivity contribution in [2.75, 3.05) is 6.61 Å². The summed E-state index contributed by atoms with van der Waals surface area (Å²) >= 11 is 0. The van der Waals surface area contributed by atoms with Crippen LogP contribution in [0.3, 0.4) is 0 Å². The number of aliphatic hydroxyl groups is 1. The van der Waals surface area contributed by atoms with Crippen molar-refractivity contribution >= 4 is 11.0 Å². The number of aliphatic hydroxyl groups excluding tert-OH is 1. The van der Waals surface area contributed by atoms with Crippen molar-refractivity contribution in [1.82, 2.24) is 20.0 Å². The van der Waals surface area contributed by atoms with Gasteiger partial charge in [0.1, 0.15) is 40.5 Å². The Hall–Kier alpha value is -3.91. The van der Waals surface area contributed by atoms with Crippen molar-refractivity contribution in [3.63, 3.8) is 0 Å². The van der Waals surface area contributed by atoms with Gasteiger partial charge in [-0.25, -0.2) is 4.98 Å². The first-order valence-corrected chi connectivity index (χ1v) is 9.90. The van der Waals surface area contributed by atoms with E-state index >= 15 is 0 Å². The van der Waals surface area contributed by atoms with E-state index in [4.69, 9.17) is 13.6 Å². The van der Waals surface area contributed by atoms with Crippen LogP contribution in [0.5, 0.6) is 5.75 Å². The number of hydrogen-bond acceptors (Lipinski definition) is 7. The number of aryl methyl sites for hydroxylation is 1. The molecule has 0 saturated heterocycles. The van der Waals surface area contributed by atoms with E-state index in [1.165, 1.54) is 0 Å². The maximum atomic E-state index is 9.33. The lowest BCUT2D eigenvalue weighted by atomic mass is 10.1. The fourth-order valence-electron chi connectivity index (χ4n) is 3.31. The lowest BCUT2D eigenvalue weighted by Crippen LogP contribution is -2.06. The normalized spacial score (nSPS) is 11.3. The Balaban J connectivity index is 1.46. The van der Waals surface area contributed by atoms with Gasteiger partial charge >= 0.3 is 0 Å². The summed E-state index contributed by atoms with van der Waals surface area (Å²) < 4.78 is 17.2. The van der Waals surface area contributed by atoms with E-state index in [0.29, 0.717) is 41.0 Å². The number of ether oxygens (including phenoxy) is 1. The fraction of sp³-hybridized carbons (Fsp3) is 0.174. The van der Waals surface area contributed by atoms with Gasteiger partial charge < -0.3 is 18.7 Å². The van der Waals surface area contributed by atoms with E-state index in [1.54, 1.807) is 23.2 Å². The van der Waals surface area contributed by atoms with Crippen molar-refractivity contribution in [3.8, 4) is 23.1 Å². The number of hydrogen-bond donors (Lipinski definition) is 1. The van der Waals surface area contributed by atoms with Crippen molar-refractivity contribution in [2.24, 2.45) is 0 Å². The van der Waals surface area contributed by atoms with Gasteiger partial charge in [-0.3, -0.25) is 0 Å². The molecule has 0 aliphatic rings. The number of rotatable bonds is 7. The van der Waals surface area contributed by atoms with Crippen LogP contribution in [0.15, 0.2) is 69.7 Å². The molecule has 8 nitrogen and oxygen atoms in total. The van der Waals surface area contributed by atoms with Crippen LogP contribution in [0.4, 0.5) is 0 Å². The number of nitrogens with zero attached hydrogens (tertiary/aromatic N) is 4. The smallest absolute Gasteiger partial charge is 0.263 e. The molecule has 0 aliphatic carbocycles. The highest BCUT2D eigenvalue weighted by atomic mass is 16.5. The summed E-state index contributed by atoms with van der Waals surface area (Å²) in [6.07, 6.45) is 2.11. The molecule has 0 spiro atoms. The van der Waals surface area contributed by atoms with Gasteiger partial charge in [0, 0.05) is 6.61 Å². The first-order chi connectivity index (χ1) is 15.2. The van der Waals surface area contributed by atoms with Gasteiger partial charge in [0.15, 0.2) is 5.76 Å². The second-order valence-corrected chi connectivity index (χ2v) is 7.04. The lowest BCUT2D eigenvalue weighted by molar-refractivity contribution is 0.295. The average Bonchev–Trinajstić information content (AvgIpc) is 3.52. The van der Waals surface area contributed by atoms with E-state index in [2.05, 4.69) is 15.2 Å². The predicted octanol–water partition coefficient (Wildman–Crippen LogP) is 4.09. The summed E-state index contributed by atoms with van der Waals surface area (Å²) in [7, 11) is 0. The first kappa shape index (κ1) is 19.1. The van der Waals surface area contributed by atoms with Gasteiger partial charge in [-0.2, -0.15) is 0 Å². The van der Waals surface area contributed by atoms with E-state index in [1.807, 2.05) is 49.4 Å². The van der Waals surface area contributed by atoms with Gasteiger partial charge in [0.05, 0.1) is 6.26 Å². The standard InChI is InChI=1S/C23H20N4O4/c1-15-19(24-23(31-15)22-7-4-12-29-22)14-30-21-9-8-16(10-11-28)13-20(21)27-25-17-5-2-3-6-18(17)26-27/h2-9,12-13,28H,10-11,14H2,1H3. The van der Waals surface area contributed by atoms with Gasteiger partial charge in [-0.1, -0.05) is 18.2 Å². The topological polar surface area (TPSA) is 99.3 Å². The lowest BCUT2D eigenvalue weighted by Gasteiger charge is -2.11. The zero-order valence-electron chi connectivity index (χ0n) is 16.9. The molecule has 3 aromatic heterocycles. The number of benzene rings is 2. The van der Waals surface area contributed by atoms with E-state index < -0.39 is 0 Å². The molecule has 0 bridgehead atoms. The van der Waals surface area contributed by atoms with Crippen LogP contribution < -0.4 is 4.74 Å². The third-order valence-corrected chi connectivity index (χ3v) is 4.91. The van der Waals surface area contributed by atoms with Crippen LogP contribution in [-0.2, 0) is 13.0 Å². The van der Waals surface area contributed by atoms with Crippen LogP contribution in [-0.4, -0.2) is 31.7 Å². The molecule has 0 aliphatic heterocycles. The Morgan fingerprint density at radius 1 is 1.03 bits per heavy atom. The summed E-state index contributed by atoms with van der Waals surface area (Å²) in [5.74, 6) is 2.24. The summed E-state index contributed by atoms with van der Waals surface area (Å²) in [4.78, 5) is 6.06.